The highest BCUT2D eigenvalue weighted by Gasteiger charge is 2.39. The van der Waals surface area contributed by atoms with Crippen molar-refractivity contribution in [2.75, 3.05) is 40.5 Å². The Morgan fingerprint density at radius 3 is 2.32 bits per heavy atom. The number of nitrogens with two attached hydrogens (primary N) is 1. The van der Waals surface area contributed by atoms with E-state index in [0.29, 0.717) is 37.5 Å². The van der Waals surface area contributed by atoms with Gasteiger partial charge < -0.3 is 35.7 Å². The molecule has 41 heavy (non-hydrogen) atoms. The van der Waals surface area contributed by atoms with Gasteiger partial charge in [-0.05, 0) is 74.8 Å². The zero-order valence-corrected chi connectivity index (χ0v) is 26.1. The van der Waals surface area contributed by atoms with E-state index < -0.39 is 17.6 Å². The molecule has 1 aromatic carbocycles. The van der Waals surface area contributed by atoms with E-state index in [9.17, 15) is 14.7 Å². The highest BCUT2D eigenvalue weighted by atomic mass is 16.5. The number of benzene rings is 1. The maximum absolute atomic E-state index is 13.1. The average molecular weight is 578 g/mol. The number of hydrogen-bond donors (Lipinski definition) is 4. The van der Waals surface area contributed by atoms with Crippen molar-refractivity contribution in [1.29, 1.82) is 0 Å². The number of para-hydroxylation sites is 1. The molecule has 2 rings (SSSR count). The molecule has 1 fully saturated rings. The molecule has 1 aliphatic rings. The van der Waals surface area contributed by atoms with Crippen molar-refractivity contribution in [3.05, 3.63) is 29.8 Å². The molecule has 0 saturated heterocycles. The first-order valence-corrected chi connectivity index (χ1v) is 15.2. The second kappa shape index (κ2) is 17.7. The number of carbonyl (C=O) groups is 2. The van der Waals surface area contributed by atoms with Crippen LogP contribution in [0.1, 0.15) is 83.0 Å². The number of nitrogens with one attached hydrogen (secondary N) is 2. The Hall–Kier alpha value is -2.20. The van der Waals surface area contributed by atoms with Gasteiger partial charge in [0.25, 0.3) is 5.91 Å². The molecule has 0 heterocycles. The topological polar surface area (TPSA) is 132 Å². The van der Waals surface area contributed by atoms with Gasteiger partial charge in [-0.1, -0.05) is 39.8 Å². The molecule has 1 aliphatic carbocycles. The first kappa shape index (κ1) is 35.0. The van der Waals surface area contributed by atoms with E-state index in [4.69, 9.17) is 19.9 Å². The summed E-state index contributed by atoms with van der Waals surface area (Å²) in [6, 6.07) is 6.69. The molecule has 1 saturated carbocycles. The molecule has 3 unspecified atom stereocenters. The summed E-state index contributed by atoms with van der Waals surface area (Å²) in [5, 5.41) is 16.8. The lowest BCUT2D eigenvalue weighted by atomic mass is 9.70. The maximum atomic E-state index is 13.1. The van der Waals surface area contributed by atoms with Crippen LogP contribution >= 0.6 is 0 Å². The van der Waals surface area contributed by atoms with Crippen molar-refractivity contribution in [2.24, 2.45) is 28.9 Å². The molecule has 0 spiro atoms. The van der Waals surface area contributed by atoms with E-state index in [2.05, 4.69) is 24.5 Å². The molecule has 0 bridgehead atoms. The molecule has 9 nitrogen and oxygen atoms in total. The number of hydrogen-bond acceptors (Lipinski definition) is 7. The van der Waals surface area contributed by atoms with Crippen LogP contribution in [0.4, 0.5) is 0 Å². The van der Waals surface area contributed by atoms with Crippen molar-refractivity contribution < 1.29 is 28.9 Å². The van der Waals surface area contributed by atoms with Gasteiger partial charge in [0.1, 0.15) is 5.75 Å². The number of methoxy groups -OCH3 is 2. The fourth-order valence-corrected chi connectivity index (χ4v) is 5.51. The summed E-state index contributed by atoms with van der Waals surface area (Å²) in [6.45, 7) is 9.83. The van der Waals surface area contributed by atoms with Gasteiger partial charge in [0.15, 0.2) is 0 Å². The minimum absolute atomic E-state index is 0.0498. The minimum atomic E-state index is -0.886. The van der Waals surface area contributed by atoms with E-state index >= 15 is 0 Å². The van der Waals surface area contributed by atoms with E-state index in [0.717, 1.165) is 38.5 Å². The predicted molar refractivity (Wildman–Crippen MR) is 162 cm³/mol. The third kappa shape index (κ3) is 11.2. The minimum Gasteiger partial charge on any atom is -0.493 e. The van der Waals surface area contributed by atoms with Crippen molar-refractivity contribution >= 4 is 11.8 Å². The quantitative estimate of drug-likeness (QED) is 0.195. The predicted octanol–water partition coefficient (Wildman–Crippen LogP) is 3.92. The van der Waals surface area contributed by atoms with Crippen LogP contribution in [0.2, 0.25) is 0 Å². The third-order valence-electron chi connectivity index (χ3n) is 8.75. The summed E-state index contributed by atoms with van der Waals surface area (Å²) in [5.41, 5.74) is 6.36. The van der Waals surface area contributed by atoms with Crippen molar-refractivity contribution in [3.63, 3.8) is 0 Å². The normalized spacial score (nSPS) is 19.8. The van der Waals surface area contributed by atoms with Gasteiger partial charge in [-0.25, -0.2) is 0 Å². The van der Waals surface area contributed by atoms with Gasteiger partial charge in [0, 0.05) is 45.4 Å². The Kier molecular flexibility index (Phi) is 15.1. The van der Waals surface area contributed by atoms with Gasteiger partial charge >= 0.3 is 0 Å². The molecule has 5 N–H and O–H groups in total. The van der Waals surface area contributed by atoms with Crippen LogP contribution in [0, 0.1) is 23.2 Å². The van der Waals surface area contributed by atoms with Crippen molar-refractivity contribution in [3.8, 4) is 5.75 Å². The Labute approximate surface area is 247 Å². The highest BCUT2D eigenvalue weighted by Crippen LogP contribution is 2.39. The molecule has 234 valence electrons. The van der Waals surface area contributed by atoms with Crippen molar-refractivity contribution in [1.82, 2.24) is 10.6 Å². The third-order valence-corrected chi connectivity index (χ3v) is 8.75. The molecule has 3 atom stereocenters. The van der Waals surface area contributed by atoms with Crippen LogP contribution < -0.4 is 21.1 Å². The second-order valence-electron chi connectivity index (χ2n) is 12.4. The molecular weight excluding hydrogens is 522 g/mol. The maximum Gasteiger partial charge on any atom is 0.255 e. The SMILES string of the molecule is COCCCCOc1ccccc1C(=O)NCC(CC(N)C(O)CNC(=O)C(C)(C)C1CCC(OC)CC1)C(C)C. The number of unbranched alkanes of at least 4 members (excludes halogenated alkanes) is 1. The smallest absolute Gasteiger partial charge is 0.255 e. The lowest BCUT2D eigenvalue weighted by Gasteiger charge is -2.38. The Morgan fingerprint density at radius 1 is 1.02 bits per heavy atom. The first-order chi connectivity index (χ1) is 19.5. The highest BCUT2D eigenvalue weighted by molar-refractivity contribution is 5.96. The van der Waals surface area contributed by atoms with Crippen LogP contribution in [0.15, 0.2) is 24.3 Å². The largest absolute Gasteiger partial charge is 0.493 e. The zero-order chi connectivity index (χ0) is 30.4. The van der Waals surface area contributed by atoms with Crippen LogP contribution in [0.5, 0.6) is 5.75 Å². The van der Waals surface area contributed by atoms with Crippen LogP contribution in [-0.4, -0.2) is 75.7 Å². The van der Waals surface area contributed by atoms with Crippen LogP contribution in [0.25, 0.3) is 0 Å². The van der Waals surface area contributed by atoms with Gasteiger partial charge in [-0.2, -0.15) is 0 Å². The monoisotopic (exact) mass is 577 g/mol. The average Bonchev–Trinajstić information content (AvgIpc) is 2.97. The fourth-order valence-electron chi connectivity index (χ4n) is 5.51. The molecule has 2 amide bonds. The summed E-state index contributed by atoms with van der Waals surface area (Å²) >= 11 is 0. The lowest BCUT2D eigenvalue weighted by molar-refractivity contribution is -0.134. The summed E-state index contributed by atoms with van der Waals surface area (Å²) in [5.74, 6) is 0.856. The molecular formula is C32H55N3O6. The Morgan fingerprint density at radius 2 is 1.68 bits per heavy atom. The van der Waals surface area contributed by atoms with Gasteiger partial charge in [0.05, 0.1) is 24.4 Å². The number of rotatable bonds is 18. The summed E-state index contributed by atoms with van der Waals surface area (Å²) in [7, 11) is 3.42. The number of ether oxygens (including phenoxy) is 3. The summed E-state index contributed by atoms with van der Waals surface area (Å²) in [6.07, 6.45) is 5.47. The van der Waals surface area contributed by atoms with E-state index in [1.807, 2.05) is 26.0 Å². The zero-order valence-electron chi connectivity index (χ0n) is 26.1. The fraction of sp³-hybridized carbons (Fsp3) is 0.750. The Balaban J connectivity index is 1.85. The van der Waals surface area contributed by atoms with Gasteiger partial charge in [-0.3, -0.25) is 9.59 Å². The van der Waals surface area contributed by atoms with Crippen molar-refractivity contribution in [2.45, 2.75) is 90.9 Å². The molecule has 0 radical (unpaired) electrons. The van der Waals surface area contributed by atoms with E-state index in [1.54, 1.807) is 26.4 Å². The van der Waals surface area contributed by atoms with Gasteiger partial charge in [0.2, 0.25) is 5.91 Å². The summed E-state index contributed by atoms with van der Waals surface area (Å²) < 4.78 is 16.4. The molecule has 1 aromatic rings. The molecule has 0 aliphatic heterocycles. The molecule has 9 heteroatoms. The van der Waals surface area contributed by atoms with Crippen LogP contribution in [-0.2, 0) is 14.3 Å². The number of amides is 2. The van der Waals surface area contributed by atoms with Gasteiger partial charge in [-0.15, -0.1) is 0 Å². The Bertz CT molecular complexity index is 916. The van der Waals surface area contributed by atoms with E-state index in [1.165, 1.54) is 0 Å². The number of aliphatic hydroxyl groups excluding tert-OH is 1. The van der Waals surface area contributed by atoms with Crippen LogP contribution in [0.3, 0.4) is 0 Å². The summed E-state index contributed by atoms with van der Waals surface area (Å²) in [4.78, 5) is 26.1. The second-order valence-corrected chi connectivity index (χ2v) is 12.4. The van der Waals surface area contributed by atoms with E-state index in [-0.39, 0.29) is 42.2 Å². The molecule has 0 aromatic heterocycles. The first-order valence-electron chi connectivity index (χ1n) is 15.2. The standard InChI is InChI=1S/C32H55N3O6/c1-22(2)23(20-34-30(37)26-11-7-8-12-29(26)41-18-10-9-17-39-5)19-27(33)28(36)21-35-31(38)32(3,4)24-13-15-25(40-6)16-14-24/h7-8,11-12,22-25,27-28,36H,9-10,13-21,33H2,1-6H3,(H,34,37)(H,35,38). The number of carbonyl (C=O) groups excluding carboxylic acids is 2. The number of aliphatic hydroxyl groups is 1. The lowest BCUT2D eigenvalue weighted by Crippen LogP contribution is -2.49.